The lowest BCUT2D eigenvalue weighted by Crippen LogP contribution is -2.38. The fraction of sp³-hybridized carbons (Fsp3) is 0.278. The monoisotopic (exact) mass is 353 g/mol. The Bertz CT molecular complexity index is 984. The van der Waals surface area contributed by atoms with Crippen molar-refractivity contribution in [2.45, 2.75) is 18.9 Å². The maximum absolute atomic E-state index is 11.1. The standard InChI is InChI=1S/C18H19N5O3/c19-14-5-3-11(8-17(14)23(25)26)18-20-15-6-4-12(9-16(15)21-18)22-7-1-2-13(24)10-22/h3-6,8-9,13,24H,1-2,7,10,19H2,(H,20,21). The molecule has 1 atom stereocenters. The Hall–Kier alpha value is -3.13. The largest absolute Gasteiger partial charge is 0.393 e. The normalized spacial score (nSPS) is 17.6. The first-order valence-corrected chi connectivity index (χ1v) is 8.48. The molecule has 0 saturated carbocycles. The van der Waals surface area contributed by atoms with Crippen molar-refractivity contribution in [2.75, 3.05) is 23.7 Å². The molecular formula is C18H19N5O3. The number of hydrogen-bond acceptors (Lipinski definition) is 6. The van der Waals surface area contributed by atoms with E-state index in [-0.39, 0.29) is 17.5 Å². The molecule has 0 bridgehead atoms. The van der Waals surface area contributed by atoms with Crippen LogP contribution in [0.4, 0.5) is 17.1 Å². The van der Waals surface area contributed by atoms with E-state index in [1.807, 2.05) is 18.2 Å². The van der Waals surface area contributed by atoms with E-state index < -0.39 is 4.92 Å². The summed E-state index contributed by atoms with van der Waals surface area (Å²) in [5.41, 5.74) is 8.89. The minimum atomic E-state index is -0.499. The number of rotatable bonds is 3. The molecule has 0 aliphatic carbocycles. The quantitative estimate of drug-likeness (QED) is 0.378. The molecule has 134 valence electrons. The SMILES string of the molecule is Nc1ccc(-c2nc3cc(N4CCCC(O)C4)ccc3[nH]2)cc1[N+](=O)[O-]. The zero-order valence-corrected chi connectivity index (χ0v) is 14.1. The summed E-state index contributed by atoms with van der Waals surface area (Å²) in [6.45, 7) is 1.52. The minimum absolute atomic E-state index is 0.126. The fourth-order valence-electron chi connectivity index (χ4n) is 3.37. The van der Waals surface area contributed by atoms with Gasteiger partial charge < -0.3 is 20.7 Å². The topological polar surface area (TPSA) is 121 Å². The number of nitrogens with two attached hydrogens (primary N) is 1. The summed E-state index contributed by atoms with van der Waals surface area (Å²) in [4.78, 5) is 20.5. The zero-order chi connectivity index (χ0) is 18.3. The van der Waals surface area contributed by atoms with Gasteiger partial charge in [0.1, 0.15) is 11.5 Å². The van der Waals surface area contributed by atoms with Crippen LogP contribution in [-0.2, 0) is 0 Å². The van der Waals surface area contributed by atoms with E-state index in [0.717, 1.165) is 36.1 Å². The first kappa shape index (κ1) is 16.3. The molecule has 8 nitrogen and oxygen atoms in total. The molecule has 4 rings (SSSR count). The molecule has 2 heterocycles. The number of aromatic amines is 1. The van der Waals surface area contributed by atoms with E-state index in [1.165, 1.54) is 12.1 Å². The summed E-state index contributed by atoms with van der Waals surface area (Å²) in [5.74, 6) is 0.555. The summed E-state index contributed by atoms with van der Waals surface area (Å²) >= 11 is 0. The maximum Gasteiger partial charge on any atom is 0.292 e. The minimum Gasteiger partial charge on any atom is -0.393 e. The van der Waals surface area contributed by atoms with Gasteiger partial charge in [0.25, 0.3) is 5.69 Å². The average molecular weight is 353 g/mol. The van der Waals surface area contributed by atoms with Crippen LogP contribution in [0.2, 0.25) is 0 Å². The predicted molar refractivity (Wildman–Crippen MR) is 100 cm³/mol. The third-order valence-corrected chi connectivity index (χ3v) is 4.73. The first-order valence-electron chi connectivity index (χ1n) is 8.48. The molecule has 1 aromatic heterocycles. The number of nitro benzene ring substituents is 1. The van der Waals surface area contributed by atoms with E-state index in [2.05, 4.69) is 14.9 Å². The van der Waals surface area contributed by atoms with Crippen LogP contribution in [0.15, 0.2) is 36.4 Å². The number of fused-ring (bicyclic) bond motifs is 1. The number of anilines is 2. The molecule has 1 fully saturated rings. The van der Waals surface area contributed by atoms with Gasteiger partial charge in [-0.05, 0) is 43.2 Å². The van der Waals surface area contributed by atoms with Crippen molar-refractivity contribution in [1.29, 1.82) is 0 Å². The second-order valence-corrected chi connectivity index (χ2v) is 6.56. The van der Waals surface area contributed by atoms with Crippen molar-refractivity contribution >= 4 is 28.1 Å². The summed E-state index contributed by atoms with van der Waals surface area (Å²) in [5, 5.41) is 21.0. The van der Waals surface area contributed by atoms with Crippen LogP contribution in [0.1, 0.15) is 12.8 Å². The molecule has 2 aromatic carbocycles. The highest BCUT2D eigenvalue weighted by Crippen LogP contribution is 2.30. The van der Waals surface area contributed by atoms with Crippen molar-refractivity contribution in [3.63, 3.8) is 0 Å². The summed E-state index contributed by atoms with van der Waals surface area (Å²) in [6, 6.07) is 10.6. The van der Waals surface area contributed by atoms with Gasteiger partial charge in [-0.15, -0.1) is 0 Å². The molecular weight excluding hydrogens is 334 g/mol. The van der Waals surface area contributed by atoms with Crippen LogP contribution in [-0.4, -0.2) is 39.2 Å². The lowest BCUT2D eigenvalue weighted by molar-refractivity contribution is -0.383. The third kappa shape index (κ3) is 2.95. The lowest BCUT2D eigenvalue weighted by atomic mass is 10.1. The Morgan fingerprint density at radius 2 is 2.15 bits per heavy atom. The number of nitrogens with zero attached hydrogens (tertiary/aromatic N) is 3. The van der Waals surface area contributed by atoms with Gasteiger partial charge in [0, 0.05) is 30.4 Å². The van der Waals surface area contributed by atoms with E-state index in [0.29, 0.717) is 17.9 Å². The molecule has 0 amide bonds. The molecule has 3 aromatic rings. The summed E-state index contributed by atoms with van der Waals surface area (Å²) in [6.07, 6.45) is 1.49. The van der Waals surface area contributed by atoms with Crippen molar-refractivity contribution in [1.82, 2.24) is 9.97 Å². The Morgan fingerprint density at radius 1 is 1.31 bits per heavy atom. The summed E-state index contributed by atoms with van der Waals surface area (Å²) in [7, 11) is 0. The lowest BCUT2D eigenvalue weighted by Gasteiger charge is -2.31. The van der Waals surface area contributed by atoms with Gasteiger partial charge in [0.15, 0.2) is 0 Å². The number of aliphatic hydroxyl groups excluding tert-OH is 1. The van der Waals surface area contributed by atoms with Crippen molar-refractivity contribution in [3.8, 4) is 11.4 Å². The highest BCUT2D eigenvalue weighted by molar-refractivity contribution is 5.83. The van der Waals surface area contributed by atoms with Crippen molar-refractivity contribution in [3.05, 3.63) is 46.5 Å². The molecule has 4 N–H and O–H groups in total. The molecule has 1 unspecified atom stereocenters. The van der Waals surface area contributed by atoms with Crippen LogP contribution in [0.5, 0.6) is 0 Å². The average Bonchev–Trinajstić information content (AvgIpc) is 3.05. The fourth-order valence-corrected chi connectivity index (χ4v) is 3.37. The Labute approximate surface area is 149 Å². The van der Waals surface area contributed by atoms with Crippen molar-refractivity contribution < 1.29 is 10.0 Å². The predicted octanol–water partition coefficient (Wildman–Crippen LogP) is 2.68. The number of piperidine rings is 1. The van der Waals surface area contributed by atoms with Crippen LogP contribution in [0.25, 0.3) is 22.4 Å². The maximum atomic E-state index is 11.1. The highest BCUT2D eigenvalue weighted by Gasteiger charge is 2.19. The molecule has 1 saturated heterocycles. The van der Waals surface area contributed by atoms with E-state index >= 15 is 0 Å². The molecule has 0 spiro atoms. The van der Waals surface area contributed by atoms with E-state index in [9.17, 15) is 15.2 Å². The molecule has 0 radical (unpaired) electrons. The molecule has 1 aliphatic heterocycles. The number of H-pyrrole nitrogens is 1. The number of aliphatic hydroxyl groups is 1. The Balaban J connectivity index is 1.70. The number of nitrogens with one attached hydrogen (secondary N) is 1. The van der Waals surface area contributed by atoms with E-state index in [1.54, 1.807) is 6.07 Å². The van der Waals surface area contributed by atoms with Gasteiger partial charge in [-0.1, -0.05) is 0 Å². The Kier molecular flexibility index (Phi) is 3.96. The van der Waals surface area contributed by atoms with Gasteiger partial charge >= 0.3 is 0 Å². The highest BCUT2D eigenvalue weighted by atomic mass is 16.6. The van der Waals surface area contributed by atoms with Crippen LogP contribution < -0.4 is 10.6 Å². The van der Waals surface area contributed by atoms with E-state index in [4.69, 9.17) is 5.73 Å². The number of β-amino-alcohol motifs (C(OH)–C–C–N with tert-alkyl or cyclic N) is 1. The number of benzene rings is 2. The van der Waals surface area contributed by atoms with Gasteiger partial charge in [-0.3, -0.25) is 10.1 Å². The third-order valence-electron chi connectivity index (χ3n) is 4.73. The smallest absolute Gasteiger partial charge is 0.292 e. The number of aromatic nitrogens is 2. The van der Waals surface area contributed by atoms with Crippen molar-refractivity contribution in [2.24, 2.45) is 0 Å². The Morgan fingerprint density at radius 3 is 2.92 bits per heavy atom. The van der Waals surface area contributed by atoms with Crippen LogP contribution >= 0.6 is 0 Å². The first-order chi connectivity index (χ1) is 12.5. The van der Waals surface area contributed by atoms with Gasteiger partial charge in [-0.25, -0.2) is 4.98 Å². The number of nitro groups is 1. The second-order valence-electron chi connectivity index (χ2n) is 6.56. The second kappa shape index (κ2) is 6.30. The van der Waals surface area contributed by atoms with Gasteiger partial charge in [-0.2, -0.15) is 0 Å². The molecule has 1 aliphatic rings. The molecule has 8 heteroatoms. The van der Waals surface area contributed by atoms with Gasteiger partial charge in [0.2, 0.25) is 0 Å². The number of nitrogen functional groups attached to an aromatic ring is 1. The van der Waals surface area contributed by atoms with Crippen LogP contribution in [0.3, 0.4) is 0 Å². The number of imidazole rings is 1. The summed E-state index contributed by atoms with van der Waals surface area (Å²) < 4.78 is 0. The van der Waals surface area contributed by atoms with Crippen LogP contribution in [0, 0.1) is 10.1 Å². The number of hydrogen-bond donors (Lipinski definition) is 3. The zero-order valence-electron chi connectivity index (χ0n) is 14.1. The molecule has 26 heavy (non-hydrogen) atoms. The van der Waals surface area contributed by atoms with Gasteiger partial charge in [0.05, 0.1) is 22.1 Å².